The lowest BCUT2D eigenvalue weighted by molar-refractivity contribution is 0.0786. The van der Waals surface area contributed by atoms with Crippen molar-refractivity contribution in [1.82, 2.24) is 14.9 Å². The summed E-state index contributed by atoms with van der Waals surface area (Å²) in [6, 6.07) is 0.113. The zero-order chi connectivity index (χ0) is 15.3. The Morgan fingerprint density at radius 2 is 1.95 bits per heavy atom. The Kier molecular flexibility index (Phi) is 8.44. The second-order valence-corrected chi connectivity index (χ2v) is 5.90. The standard InChI is InChI=1S/C15H26N4O.ClH/c1-10(2)13(16)6-7-19(5)15(20)12-8-17-9-18-14(12)11(3)4;/h8-11,13H,6-7,16H2,1-5H3;1H. The van der Waals surface area contributed by atoms with Crippen LogP contribution in [0.1, 0.15) is 56.1 Å². The van der Waals surface area contributed by atoms with Crippen molar-refractivity contribution in [3.63, 3.8) is 0 Å². The van der Waals surface area contributed by atoms with Gasteiger partial charge in [0, 0.05) is 25.8 Å². The van der Waals surface area contributed by atoms with Crippen LogP contribution in [-0.4, -0.2) is 40.4 Å². The maximum absolute atomic E-state index is 12.5. The van der Waals surface area contributed by atoms with Gasteiger partial charge in [-0.25, -0.2) is 9.97 Å². The lowest BCUT2D eigenvalue weighted by atomic mass is 10.0. The molecule has 0 saturated carbocycles. The molecule has 21 heavy (non-hydrogen) atoms. The van der Waals surface area contributed by atoms with Gasteiger partial charge in [0.15, 0.2) is 0 Å². The summed E-state index contributed by atoms with van der Waals surface area (Å²) in [5.41, 5.74) is 7.40. The molecule has 1 heterocycles. The van der Waals surface area contributed by atoms with Crippen molar-refractivity contribution < 1.29 is 4.79 Å². The third-order valence-electron chi connectivity index (χ3n) is 3.52. The predicted molar refractivity (Wildman–Crippen MR) is 87.8 cm³/mol. The average molecular weight is 315 g/mol. The quantitative estimate of drug-likeness (QED) is 0.875. The second-order valence-electron chi connectivity index (χ2n) is 5.90. The molecule has 0 radical (unpaired) electrons. The zero-order valence-electron chi connectivity index (χ0n) is 13.5. The molecular weight excluding hydrogens is 288 g/mol. The fourth-order valence-corrected chi connectivity index (χ4v) is 1.95. The van der Waals surface area contributed by atoms with E-state index in [9.17, 15) is 4.79 Å². The number of halogens is 1. The topological polar surface area (TPSA) is 72.1 Å². The third kappa shape index (κ3) is 5.59. The normalized spacial score (nSPS) is 12.2. The zero-order valence-corrected chi connectivity index (χ0v) is 14.4. The molecule has 120 valence electrons. The molecule has 5 nitrogen and oxygen atoms in total. The summed E-state index contributed by atoms with van der Waals surface area (Å²) in [7, 11) is 1.80. The molecular formula is C15H27ClN4O. The van der Waals surface area contributed by atoms with E-state index in [1.54, 1.807) is 18.1 Å². The Bertz CT molecular complexity index is 451. The minimum atomic E-state index is -0.0368. The summed E-state index contributed by atoms with van der Waals surface area (Å²) >= 11 is 0. The molecule has 1 amide bonds. The molecule has 6 heteroatoms. The van der Waals surface area contributed by atoms with E-state index in [0.717, 1.165) is 12.1 Å². The first-order valence-electron chi connectivity index (χ1n) is 7.15. The van der Waals surface area contributed by atoms with Gasteiger partial charge in [-0.15, -0.1) is 12.4 Å². The highest BCUT2D eigenvalue weighted by molar-refractivity contribution is 5.94. The van der Waals surface area contributed by atoms with E-state index >= 15 is 0 Å². The Balaban J connectivity index is 0.00000400. The van der Waals surface area contributed by atoms with Gasteiger partial charge in [0.2, 0.25) is 0 Å². The van der Waals surface area contributed by atoms with Crippen molar-refractivity contribution in [2.45, 2.75) is 46.1 Å². The molecule has 1 aromatic rings. The number of nitrogens with zero attached hydrogens (tertiary/aromatic N) is 3. The van der Waals surface area contributed by atoms with Crippen LogP contribution in [0.15, 0.2) is 12.5 Å². The predicted octanol–water partition coefficient (Wildman–Crippen LogP) is 2.47. The number of nitrogens with two attached hydrogens (primary N) is 1. The van der Waals surface area contributed by atoms with E-state index in [0.29, 0.717) is 18.0 Å². The molecule has 1 aromatic heterocycles. The Morgan fingerprint density at radius 1 is 1.33 bits per heavy atom. The Labute approximate surface area is 133 Å². The number of aromatic nitrogens is 2. The Hall–Kier alpha value is -1.20. The van der Waals surface area contributed by atoms with Crippen LogP contribution in [0, 0.1) is 5.92 Å². The largest absolute Gasteiger partial charge is 0.342 e. The molecule has 1 atom stereocenters. The van der Waals surface area contributed by atoms with Gasteiger partial charge in [-0.2, -0.15) is 0 Å². The van der Waals surface area contributed by atoms with Crippen LogP contribution >= 0.6 is 12.4 Å². The number of amides is 1. The van der Waals surface area contributed by atoms with Crippen molar-refractivity contribution in [3.8, 4) is 0 Å². The number of carbonyl (C=O) groups is 1. The molecule has 0 spiro atoms. The average Bonchev–Trinajstić information content (AvgIpc) is 2.43. The SMILES string of the molecule is CC(C)c1ncncc1C(=O)N(C)CCC(N)C(C)C.Cl. The second kappa shape index (κ2) is 8.95. The van der Waals surface area contributed by atoms with Gasteiger partial charge in [0.1, 0.15) is 6.33 Å². The van der Waals surface area contributed by atoms with E-state index < -0.39 is 0 Å². The van der Waals surface area contributed by atoms with Gasteiger partial charge in [0.25, 0.3) is 5.91 Å². The van der Waals surface area contributed by atoms with Gasteiger partial charge in [-0.05, 0) is 18.3 Å². The van der Waals surface area contributed by atoms with E-state index in [2.05, 4.69) is 23.8 Å². The van der Waals surface area contributed by atoms with Crippen LogP contribution in [-0.2, 0) is 0 Å². The third-order valence-corrected chi connectivity index (χ3v) is 3.52. The van der Waals surface area contributed by atoms with Crippen molar-refractivity contribution in [3.05, 3.63) is 23.8 Å². The molecule has 1 rings (SSSR count). The van der Waals surface area contributed by atoms with Crippen molar-refractivity contribution >= 4 is 18.3 Å². The fourth-order valence-electron chi connectivity index (χ4n) is 1.95. The summed E-state index contributed by atoms with van der Waals surface area (Å²) in [5.74, 6) is 0.582. The van der Waals surface area contributed by atoms with E-state index in [1.165, 1.54) is 6.33 Å². The number of hydrogen-bond donors (Lipinski definition) is 1. The lowest BCUT2D eigenvalue weighted by Gasteiger charge is -2.22. The number of hydrogen-bond acceptors (Lipinski definition) is 4. The Morgan fingerprint density at radius 3 is 2.48 bits per heavy atom. The van der Waals surface area contributed by atoms with Crippen molar-refractivity contribution in [1.29, 1.82) is 0 Å². The smallest absolute Gasteiger partial charge is 0.257 e. The highest BCUT2D eigenvalue weighted by Crippen LogP contribution is 2.17. The minimum absolute atomic E-state index is 0. The lowest BCUT2D eigenvalue weighted by Crippen LogP contribution is -2.35. The highest BCUT2D eigenvalue weighted by Gasteiger charge is 2.19. The first-order valence-corrected chi connectivity index (χ1v) is 7.15. The minimum Gasteiger partial charge on any atom is -0.342 e. The van der Waals surface area contributed by atoms with Crippen molar-refractivity contribution in [2.24, 2.45) is 11.7 Å². The highest BCUT2D eigenvalue weighted by atomic mass is 35.5. The van der Waals surface area contributed by atoms with Gasteiger partial charge in [0.05, 0.1) is 11.3 Å². The summed E-state index contributed by atoms with van der Waals surface area (Å²) in [5, 5.41) is 0. The fraction of sp³-hybridized carbons (Fsp3) is 0.667. The summed E-state index contributed by atoms with van der Waals surface area (Å²) in [6.07, 6.45) is 3.88. The first-order chi connectivity index (χ1) is 9.34. The van der Waals surface area contributed by atoms with Gasteiger partial charge >= 0.3 is 0 Å². The van der Waals surface area contributed by atoms with Gasteiger partial charge in [-0.3, -0.25) is 4.79 Å². The number of rotatable bonds is 6. The molecule has 0 aliphatic heterocycles. The monoisotopic (exact) mass is 314 g/mol. The molecule has 2 N–H and O–H groups in total. The van der Waals surface area contributed by atoms with Gasteiger partial charge in [-0.1, -0.05) is 27.7 Å². The van der Waals surface area contributed by atoms with Crippen LogP contribution in [0.5, 0.6) is 0 Å². The molecule has 0 aliphatic rings. The molecule has 1 unspecified atom stereocenters. The van der Waals surface area contributed by atoms with Crippen molar-refractivity contribution in [2.75, 3.05) is 13.6 Å². The summed E-state index contributed by atoms with van der Waals surface area (Å²) < 4.78 is 0. The van der Waals surface area contributed by atoms with E-state index in [4.69, 9.17) is 5.73 Å². The van der Waals surface area contributed by atoms with E-state index in [1.807, 2.05) is 13.8 Å². The van der Waals surface area contributed by atoms with Crippen LogP contribution in [0.2, 0.25) is 0 Å². The van der Waals surface area contributed by atoms with Gasteiger partial charge < -0.3 is 10.6 Å². The molecule has 0 aromatic carbocycles. The van der Waals surface area contributed by atoms with Crippen LogP contribution in [0.25, 0.3) is 0 Å². The summed E-state index contributed by atoms with van der Waals surface area (Å²) in [4.78, 5) is 22.4. The molecule has 0 saturated heterocycles. The molecule has 0 fully saturated rings. The summed E-state index contributed by atoms with van der Waals surface area (Å²) in [6.45, 7) is 8.87. The molecule has 0 aliphatic carbocycles. The maximum atomic E-state index is 12.5. The van der Waals surface area contributed by atoms with Crippen LogP contribution < -0.4 is 5.73 Å². The molecule has 0 bridgehead atoms. The van der Waals surface area contributed by atoms with Crippen LogP contribution in [0.4, 0.5) is 0 Å². The van der Waals surface area contributed by atoms with E-state index in [-0.39, 0.29) is 30.3 Å². The van der Waals surface area contributed by atoms with Crippen LogP contribution in [0.3, 0.4) is 0 Å². The number of carbonyl (C=O) groups excluding carboxylic acids is 1. The first kappa shape index (κ1) is 19.8. The maximum Gasteiger partial charge on any atom is 0.257 e.